The van der Waals surface area contributed by atoms with Crippen LogP contribution in [0.5, 0.6) is 0 Å². The Morgan fingerprint density at radius 2 is 2.13 bits per heavy atom. The Morgan fingerprint density at radius 1 is 1.47 bits per heavy atom. The minimum absolute atomic E-state index is 0.0696. The Morgan fingerprint density at radius 3 is 2.67 bits per heavy atom. The quantitative estimate of drug-likeness (QED) is 0.916. The Labute approximate surface area is 98.5 Å². The van der Waals surface area contributed by atoms with E-state index in [1.54, 1.807) is 0 Å². The summed E-state index contributed by atoms with van der Waals surface area (Å²) in [6.45, 7) is 6.20. The number of aromatic nitrogens is 2. The number of aryl methyl sites for hydroxylation is 1. The van der Waals surface area contributed by atoms with Crippen molar-refractivity contribution in [2.75, 3.05) is 0 Å². The molecule has 1 aromatic heterocycles. The van der Waals surface area contributed by atoms with Gasteiger partial charge >= 0.3 is 0 Å². The third-order valence-electron chi connectivity index (χ3n) is 2.25. The van der Waals surface area contributed by atoms with Gasteiger partial charge in [-0.3, -0.25) is 4.79 Å². The van der Waals surface area contributed by atoms with Gasteiger partial charge in [-0.15, -0.1) is 0 Å². The summed E-state index contributed by atoms with van der Waals surface area (Å²) in [6, 6.07) is 0. The van der Waals surface area contributed by atoms with Crippen molar-refractivity contribution in [1.82, 2.24) is 9.97 Å². The van der Waals surface area contributed by atoms with Crippen LogP contribution in [0.3, 0.4) is 0 Å². The number of hydrogen-bond acceptors (Lipinski definition) is 2. The molecular formula is C11H17BrN2O. The second-order valence-corrected chi connectivity index (χ2v) is 4.76. The van der Waals surface area contributed by atoms with Crippen molar-refractivity contribution >= 4 is 15.9 Å². The molecule has 0 atom stereocenters. The topological polar surface area (TPSA) is 45.8 Å². The van der Waals surface area contributed by atoms with E-state index in [1.165, 1.54) is 0 Å². The number of nitrogens with one attached hydrogen (secondary N) is 1. The van der Waals surface area contributed by atoms with E-state index in [1.807, 2.05) is 13.8 Å². The molecule has 1 N–H and O–H groups in total. The van der Waals surface area contributed by atoms with Crippen LogP contribution in [0.15, 0.2) is 9.27 Å². The largest absolute Gasteiger partial charge is 0.310 e. The van der Waals surface area contributed by atoms with Gasteiger partial charge in [0, 0.05) is 6.42 Å². The lowest BCUT2D eigenvalue weighted by Crippen LogP contribution is -2.16. The molecule has 0 aliphatic carbocycles. The third kappa shape index (κ3) is 3.16. The summed E-state index contributed by atoms with van der Waals surface area (Å²) < 4.78 is 0.567. The van der Waals surface area contributed by atoms with Crippen LogP contribution in [0.1, 0.15) is 51.0 Å². The summed E-state index contributed by atoms with van der Waals surface area (Å²) in [5, 5.41) is 0. The van der Waals surface area contributed by atoms with Gasteiger partial charge in [-0.2, -0.15) is 0 Å². The van der Waals surface area contributed by atoms with Gasteiger partial charge in [0.05, 0.1) is 5.69 Å². The highest BCUT2D eigenvalue weighted by Gasteiger charge is 2.11. The summed E-state index contributed by atoms with van der Waals surface area (Å²) in [4.78, 5) is 18.8. The fourth-order valence-electron chi connectivity index (χ4n) is 1.37. The van der Waals surface area contributed by atoms with Gasteiger partial charge in [-0.25, -0.2) is 4.98 Å². The molecular weight excluding hydrogens is 256 g/mol. The molecule has 0 unspecified atom stereocenters. The van der Waals surface area contributed by atoms with E-state index >= 15 is 0 Å². The molecule has 0 aliphatic heterocycles. The van der Waals surface area contributed by atoms with Crippen LogP contribution in [-0.4, -0.2) is 9.97 Å². The maximum Gasteiger partial charge on any atom is 0.265 e. The number of nitrogens with zero attached hydrogens (tertiary/aromatic N) is 1. The van der Waals surface area contributed by atoms with Crippen LogP contribution < -0.4 is 5.56 Å². The van der Waals surface area contributed by atoms with Crippen molar-refractivity contribution in [1.29, 1.82) is 0 Å². The average molecular weight is 273 g/mol. The van der Waals surface area contributed by atoms with E-state index in [0.29, 0.717) is 4.47 Å². The first-order valence-electron chi connectivity index (χ1n) is 5.34. The Bertz CT molecular complexity index is 385. The van der Waals surface area contributed by atoms with Crippen LogP contribution in [0.4, 0.5) is 0 Å². The molecule has 1 heterocycles. The van der Waals surface area contributed by atoms with Crippen LogP contribution in [-0.2, 0) is 6.42 Å². The SMILES string of the molecule is CCCCc1nc(C(C)C)c(Br)c(=O)[nH]1. The highest BCUT2D eigenvalue weighted by molar-refractivity contribution is 9.10. The summed E-state index contributed by atoms with van der Waals surface area (Å²) in [6.07, 6.45) is 3.01. The summed E-state index contributed by atoms with van der Waals surface area (Å²) >= 11 is 3.28. The molecule has 1 aromatic rings. The molecule has 0 bridgehead atoms. The molecule has 3 nitrogen and oxygen atoms in total. The van der Waals surface area contributed by atoms with Crippen molar-refractivity contribution in [2.45, 2.75) is 46.0 Å². The monoisotopic (exact) mass is 272 g/mol. The summed E-state index contributed by atoms with van der Waals surface area (Å²) in [5.74, 6) is 1.07. The predicted octanol–water partition coefficient (Wildman–Crippen LogP) is 3.00. The normalized spacial score (nSPS) is 11.0. The summed E-state index contributed by atoms with van der Waals surface area (Å²) in [5.41, 5.74) is 0.782. The molecule has 0 aromatic carbocycles. The van der Waals surface area contributed by atoms with Crippen LogP contribution >= 0.6 is 15.9 Å². The van der Waals surface area contributed by atoms with Crippen molar-refractivity contribution in [3.8, 4) is 0 Å². The fourth-order valence-corrected chi connectivity index (χ4v) is 2.02. The molecule has 84 valence electrons. The molecule has 0 aliphatic rings. The zero-order chi connectivity index (χ0) is 11.4. The standard InChI is InChI=1S/C11H17BrN2O/c1-4-5-6-8-13-10(7(2)3)9(12)11(15)14-8/h7H,4-6H2,1-3H3,(H,13,14,15). The van der Waals surface area contributed by atoms with E-state index < -0.39 is 0 Å². The minimum atomic E-state index is -0.0696. The molecule has 15 heavy (non-hydrogen) atoms. The molecule has 0 fully saturated rings. The van der Waals surface area contributed by atoms with Gasteiger partial charge in [0.2, 0.25) is 0 Å². The second-order valence-electron chi connectivity index (χ2n) is 3.97. The van der Waals surface area contributed by atoms with Crippen molar-refractivity contribution in [2.24, 2.45) is 0 Å². The number of H-pyrrole nitrogens is 1. The molecule has 0 radical (unpaired) electrons. The van der Waals surface area contributed by atoms with Gasteiger partial charge in [0.15, 0.2) is 0 Å². The lowest BCUT2D eigenvalue weighted by Gasteiger charge is -2.08. The second kappa shape index (κ2) is 5.45. The number of rotatable bonds is 4. The van der Waals surface area contributed by atoms with E-state index in [-0.39, 0.29) is 11.5 Å². The molecule has 4 heteroatoms. The summed E-state index contributed by atoms with van der Waals surface area (Å²) in [7, 11) is 0. The number of aromatic amines is 1. The van der Waals surface area contributed by atoms with E-state index in [4.69, 9.17) is 0 Å². The molecule has 0 amide bonds. The van der Waals surface area contributed by atoms with Gasteiger partial charge in [0.25, 0.3) is 5.56 Å². The highest BCUT2D eigenvalue weighted by atomic mass is 79.9. The van der Waals surface area contributed by atoms with Gasteiger partial charge < -0.3 is 4.98 Å². The first-order valence-corrected chi connectivity index (χ1v) is 6.14. The zero-order valence-corrected chi connectivity index (χ0v) is 11.0. The van der Waals surface area contributed by atoms with Crippen molar-refractivity contribution < 1.29 is 0 Å². The average Bonchev–Trinajstić information content (AvgIpc) is 2.19. The van der Waals surface area contributed by atoms with Crippen LogP contribution in [0, 0.1) is 0 Å². The lowest BCUT2D eigenvalue weighted by atomic mass is 10.1. The molecule has 0 saturated heterocycles. The maximum absolute atomic E-state index is 11.6. The molecule has 0 spiro atoms. The van der Waals surface area contributed by atoms with Gasteiger partial charge in [-0.05, 0) is 28.3 Å². The zero-order valence-electron chi connectivity index (χ0n) is 9.43. The van der Waals surface area contributed by atoms with E-state index in [0.717, 1.165) is 30.8 Å². The molecule has 1 rings (SSSR count). The minimum Gasteiger partial charge on any atom is -0.310 e. The van der Waals surface area contributed by atoms with Gasteiger partial charge in [-0.1, -0.05) is 27.2 Å². The van der Waals surface area contributed by atoms with E-state index in [2.05, 4.69) is 32.8 Å². The van der Waals surface area contributed by atoms with E-state index in [9.17, 15) is 4.79 Å². The van der Waals surface area contributed by atoms with Crippen molar-refractivity contribution in [3.63, 3.8) is 0 Å². The molecule has 0 saturated carbocycles. The van der Waals surface area contributed by atoms with Gasteiger partial charge in [0.1, 0.15) is 10.3 Å². The third-order valence-corrected chi connectivity index (χ3v) is 3.02. The smallest absolute Gasteiger partial charge is 0.265 e. The first kappa shape index (κ1) is 12.4. The van der Waals surface area contributed by atoms with Crippen LogP contribution in [0.25, 0.3) is 0 Å². The first-order chi connectivity index (χ1) is 7.06. The Kier molecular flexibility index (Phi) is 4.51. The lowest BCUT2D eigenvalue weighted by molar-refractivity contribution is 0.716. The Balaban J connectivity index is 3.06. The predicted molar refractivity (Wildman–Crippen MR) is 65.3 cm³/mol. The van der Waals surface area contributed by atoms with Crippen molar-refractivity contribution in [3.05, 3.63) is 26.3 Å². The number of unbranched alkanes of at least 4 members (excludes halogenated alkanes) is 1. The number of hydrogen-bond donors (Lipinski definition) is 1. The highest BCUT2D eigenvalue weighted by Crippen LogP contribution is 2.18. The van der Waals surface area contributed by atoms with Crippen LogP contribution in [0.2, 0.25) is 0 Å². The number of halogens is 1. The fraction of sp³-hybridized carbons (Fsp3) is 0.636. The maximum atomic E-state index is 11.6. The Hall–Kier alpha value is -0.640.